The molecule has 7 nitrogen and oxygen atoms in total. The molecule has 1 aliphatic carbocycles. The zero-order valence-corrected chi connectivity index (χ0v) is 15.5. The van der Waals surface area contributed by atoms with Crippen LogP contribution in [0.3, 0.4) is 0 Å². The number of carbonyl (C=O) groups excluding carboxylic acids is 3. The SMILES string of the molecule is CC(C)(C)OC(=O)N[C@H]1CC[C@H](C(=O)NNC(=O)Cc2ccccc2)C1. The molecule has 0 unspecified atom stereocenters. The maximum absolute atomic E-state index is 12.2. The van der Waals surface area contributed by atoms with E-state index in [4.69, 9.17) is 4.74 Å². The minimum atomic E-state index is -0.553. The molecule has 0 aliphatic heterocycles. The quantitative estimate of drug-likeness (QED) is 0.715. The molecule has 1 aliphatic rings. The second kappa shape index (κ2) is 8.69. The highest BCUT2D eigenvalue weighted by atomic mass is 16.6. The van der Waals surface area contributed by atoms with E-state index in [-0.39, 0.29) is 30.2 Å². The molecule has 3 N–H and O–H groups in total. The van der Waals surface area contributed by atoms with Crippen molar-refractivity contribution in [2.24, 2.45) is 5.92 Å². The van der Waals surface area contributed by atoms with Crippen LogP contribution < -0.4 is 16.2 Å². The van der Waals surface area contributed by atoms with Gasteiger partial charge in [-0.1, -0.05) is 30.3 Å². The van der Waals surface area contributed by atoms with Crippen molar-refractivity contribution in [3.8, 4) is 0 Å². The Kier molecular flexibility index (Phi) is 6.60. The first-order valence-electron chi connectivity index (χ1n) is 8.85. The third-order valence-electron chi connectivity index (χ3n) is 4.06. The van der Waals surface area contributed by atoms with E-state index in [0.29, 0.717) is 19.3 Å². The van der Waals surface area contributed by atoms with Gasteiger partial charge in [-0.3, -0.25) is 20.4 Å². The Bertz CT molecular complexity index is 640. The van der Waals surface area contributed by atoms with Gasteiger partial charge in [-0.25, -0.2) is 4.79 Å². The van der Waals surface area contributed by atoms with Crippen LogP contribution in [0.5, 0.6) is 0 Å². The fourth-order valence-electron chi connectivity index (χ4n) is 2.88. The van der Waals surface area contributed by atoms with Gasteiger partial charge in [0.25, 0.3) is 0 Å². The first-order valence-corrected chi connectivity index (χ1v) is 8.85. The second-order valence-corrected chi connectivity index (χ2v) is 7.55. The van der Waals surface area contributed by atoms with Crippen molar-refractivity contribution in [2.45, 2.75) is 58.1 Å². The van der Waals surface area contributed by atoms with Crippen molar-refractivity contribution in [3.63, 3.8) is 0 Å². The van der Waals surface area contributed by atoms with E-state index in [1.165, 1.54) is 0 Å². The smallest absolute Gasteiger partial charge is 0.407 e. The Balaban J connectivity index is 1.70. The highest BCUT2D eigenvalue weighted by Gasteiger charge is 2.32. The summed E-state index contributed by atoms with van der Waals surface area (Å²) < 4.78 is 5.22. The summed E-state index contributed by atoms with van der Waals surface area (Å²) in [6, 6.07) is 9.21. The number of hydrogen-bond donors (Lipinski definition) is 3. The van der Waals surface area contributed by atoms with E-state index >= 15 is 0 Å². The number of alkyl carbamates (subject to hydrolysis) is 1. The Morgan fingerprint density at radius 3 is 2.42 bits per heavy atom. The fourth-order valence-corrected chi connectivity index (χ4v) is 2.88. The van der Waals surface area contributed by atoms with E-state index in [1.54, 1.807) is 20.8 Å². The molecule has 26 heavy (non-hydrogen) atoms. The average molecular weight is 361 g/mol. The van der Waals surface area contributed by atoms with Crippen LogP contribution in [0.1, 0.15) is 45.6 Å². The molecule has 1 aromatic rings. The maximum Gasteiger partial charge on any atom is 0.407 e. The summed E-state index contributed by atoms with van der Waals surface area (Å²) in [6.07, 6.45) is 1.62. The molecule has 0 radical (unpaired) electrons. The van der Waals surface area contributed by atoms with Gasteiger partial charge in [0.15, 0.2) is 0 Å². The number of nitrogens with one attached hydrogen (secondary N) is 3. The number of hydrogen-bond acceptors (Lipinski definition) is 4. The van der Waals surface area contributed by atoms with Gasteiger partial charge in [-0.2, -0.15) is 0 Å². The van der Waals surface area contributed by atoms with Crippen molar-refractivity contribution < 1.29 is 19.1 Å². The predicted molar refractivity (Wildman–Crippen MR) is 96.9 cm³/mol. The Morgan fingerprint density at radius 2 is 1.77 bits per heavy atom. The molecular weight excluding hydrogens is 334 g/mol. The Hall–Kier alpha value is -2.57. The van der Waals surface area contributed by atoms with Gasteiger partial charge in [-0.15, -0.1) is 0 Å². The normalized spacial score (nSPS) is 19.5. The topological polar surface area (TPSA) is 96.5 Å². The number of hydrazine groups is 1. The van der Waals surface area contributed by atoms with E-state index in [0.717, 1.165) is 5.56 Å². The lowest BCUT2D eigenvalue weighted by Gasteiger charge is -2.21. The van der Waals surface area contributed by atoms with Crippen LogP contribution in [0.2, 0.25) is 0 Å². The molecule has 142 valence electrons. The molecule has 1 saturated carbocycles. The summed E-state index contributed by atoms with van der Waals surface area (Å²) in [5, 5.41) is 2.79. The number of benzene rings is 1. The van der Waals surface area contributed by atoms with Crippen LogP contribution in [0.4, 0.5) is 4.79 Å². The van der Waals surface area contributed by atoms with Gasteiger partial charge < -0.3 is 10.1 Å². The number of carbonyl (C=O) groups is 3. The largest absolute Gasteiger partial charge is 0.444 e. The molecule has 2 rings (SSSR count). The highest BCUT2D eigenvalue weighted by Crippen LogP contribution is 2.25. The zero-order chi connectivity index (χ0) is 19.2. The molecular formula is C19H27N3O4. The Labute approximate surface area is 153 Å². The van der Waals surface area contributed by atoms with Gasteiger partial charge >= 0.3 is 6.09 Å². The van der Waals surface area contributed by atoms with E-state index in [9.17, 15) is 14.4 Å². The van der Waals surface area contributed by atoms with Crippen LogP contribution in [0.25, 0.3) is 0 Å². The molecule has 3 amide bonds. The van der Waals surface area contributed by atoms with Crippen LogP contribution in [0.15, 0.2) is 30.3 Å². The summed E-state index contributed by atoms with van der Waals surface area (Å²) in [6.45, 7) is 5.40. The fraction of sp³-hybridized carbons (Fsp3) is 0.526. The standard InChI is InChI=1S/C19H27N3O4/c1-19(2,3)26-18(25)20-15-10-9-14(12-15)17(24)22-21-16(23)11-13-7-5-4-6-8-13/h4-8,14-15H,9-12H2,1-3H3,(H,20,25)(H,21,23)(H,22,24)/t14-,15-/m0/s1. The lowest BCUT2D eigenvalue weighted by Crippen LogP contribution is -2.45. The lowest BCUT2D eigenvalue weighted by molar-refractivity contribution is -0.130. The lowest BCUT2D eigenvalue weighted by atomic mass is 10.1. The number of amides is 3. The van der Waals surface area contributed by atoms with Gasteiger partial charge in [0.1, 0.15) is 5.60 Å². The van der Waals surface area contributed by atoms with Crippen LogP contribution in [-0.4, -0.2) is 29.6 Å². The zero-order valence-electron chi connectivity index (χ0n) is 15.5. The summed E-state index contributed by atoms with van der Waals surface area (Å²) in [7, 11) is 0. The number of rotatable bonds is 4. The van der Waals surface area contributed by atoms with Crippen LogP contribution in [0, 0.1) is 5.92 Å². The predicted octanol–water partition coefficient (Wildman–Crippen LogP) is 2.07. The van der Waals surface area contributed by atoms with Crippen LogP contribution >= 0.6 is 0 Å². The third-order valence-corrected chi connectivity index (χ3v) is 4.06. The molecule has 0 saturated heterocycles. The van der Waals surface area contributed by atoms with Gasteiger partial charge in [0.05, 0.1) is 6.42 Å². The van der Waals surface area contributed by atoms with E-state index in [2.05, 4.69) is 16.2 Å². The van der Waals surface area contributed by atoms with Crippen LogP contribution in [-0.2, 0) is 20.7 Å². The first-order chi connectivity index (χ1) is 12.2. The highest BCUT2D eigenvalue weighted by molar-refractivity contribution is 5.84. The Morgan fingerprint density at radius 1 is 1.08 bits per heavy atom. The molecule has 0 spiro atoms. The molecule has 0 heterocycles. The molecule has 1 aromatic carbocycles. The van der Waals surface area contributed by atoms with Crippen molar-refractivity contribution in [2.75, 3.05) is 0 Å². The van der Waals surface area contributed by atoms with Crippen molar-refractivity contribution in [1.82, 2.24) is 16.2 Å². The van der Waals surface area contributed by atoms with Gasteiger partial charge in [0.2, 0.25) is 11.8 Å². The molecule has 2 atom stereocenters. The minimum Gasteiger partial charge on any atom is -0.444 e. The average Bonchev–Trinajstić information content (AvgIpc) is 3.00. The summed E-state index contributed by atoms with van der Waals surface area (Å²) >= 11 is 0. The van der Waals surface area contributed by atoms with Crippen molar-refractivity contribution >= 4 is 17.9 Å². The minimum absolute atomic E-state index is 0.0966. The maximum atomic E-state index is 12.2. The van der Waals surface area contributed by atoms with Crippen molar-refractivity contribution in [1.29, 1.82) is 0 Å². The first kappa shape index (κ1) is 19.8. The summed E-state index contributed by atoms with van der Waals surface area (Å²) in [4.78, 5) is 35.9. The monoisotopic (exact) mass is 361 g/mol. The molecule has 0 aromatic heterocycles. The van der Waals surface area contributed by atoms with E-state index in [1.807, 2.05) is 30.3 Å². The van der Waals surface area contributed by atoms with Crippen molar-refractivity contribution in [3.05, 3.63) is 35.9 Å². The molecule has 1 fully saturated rings. The van der Waals surface area contributed by atoms with E-state index < -0.39 is 11.7 Å². The second-order valence-electron chi connectivity index (χ2n) is 7.55. The molecule has 7 heteroatoms. The number of ether oxygens (including phenoxy) is 1. The third kappa shape index (κ3) is 6.74. The molecule has 0 bridgehead atoms. The summed E-state index contributed by atoms with van der Waals surface area (Å²) in [5.74, 6) is -0.752. The van der Waals surface area contributed by atoms with Gasteiger partial charge in [-0.05, 0) is 45.6 Å². The summed E-state index contributed by atoms with van der Waals surface area (Å²) in [5.41, 5.74) is 5.24. The van der Waals surface area contributed by atoms with Gasteiger partial charge in [0, 0.05) is 12.0 Å².